The van der Waals surface area contributed by atoms with Gasteiger partial charge in [0.25, 0.3) is 0 Å². The topological polar surface area (TPSA) is 202 Å². The Hall–Kier alpha value is -10.2. The number of fused-ring (bicyclic) bond motifs is 6. The van der Waals surface area contributed by atoms with Gasteiger partial charge in [-0.15, -0.1) is 0 Å². The van der Waals surface area contributed by atoms with Gasteiger partial charge in [-0.1, -0.05) is 97.1 Å². The van der Waals surface area contributed by atoms with Gasteiger partial charge in [0, 0.05) is 27.1 Å². The molecule has 0 saturated heterocycles. The Morgan fingerprint density at radius 3 is 1.08 bits per heavy atom. The molecule has 12 aromatic rings. The lowest BCUT2D eigenvalue weighted by atomic mass is 9.77. The van der Waals surface area contributed by atoms with Crippen LogP contribution in [-0.2, 0) is 0 Å². The van der Waals surface area contributed by atoms with Crippen molar-refractivity contribution in [1.82, 2.24) is 0 Å². The first-order chi connectivity index (χ1) is 37.0. The van der Waals surface area contributed by atoms with Crippen molar-refractivity contribution in [3.63, 3.8) is 0 Å². The molecule has 12 rings (SSSR count). The molecule has 0 spiro atoms. The minimum atomic E-state index is -1.59. The van der Waals surface area contributed by atoms with E-state index in [-0.39, 0.29) is 11.5 Å². The van der Waals surface area contributed by atoms with Gasteiger partial charge < -0.3 is 29.1 Å². The highest BCUT2D eigenvalue weighted by Gasteiger charge is 2.18. The summed E-state index contributed by atoms with van der Waals surface area (Å²) in [5.41, 5.74) is 13.9. The lowest BCUT2D eigenvalue weighted by Gasteiger charge is -2.12. The predicted octanol–water partition coefficient (Wildman–Crippen LogP) is 14.5. The van der Waals surface area contributed by atoms with Gasteiger partial charge in [0.05, 0.1) is 51.0 Å². The van der Waals surface area contributed by atoms with Crippen LogP contribution in [0, 0.1) is 45.3 Å². The molecular weight excluding hydrogens is 1010 g/mol. The second-order valence-electron chi connectivity index (χ2n) is 17.6. The van der Waals surface area contributed by atoms with Crippen molar-refractivity contribution in [3.8, 4) is 91.4 Å². The number of nitriles is 4. The third kappa shape index (κ3) is 10.1. The fraction of sp³-hybridized carbons (Fsp3) is 0. The number of aromatic hydroxyl groups is 2. The quantitative estimate of drug-likeness (QED) is 0.116. The number of phenols is 2. The zero-order valence-electron chi connectivity index (χ0n) is 40.0. The van der Waals surface area contributed by atoms with E-state index >= 15 is 0 Å². The highest BCUT2D eigenvalue weighted by atomic mass is 79.9. The molecule has 10 aromatic carbocycles. The molecule has 4 N–H and O–H groups in total. The van der Waals surface area contributed by atoms with Crippen LogP contribution >= 0.6 is 15.9 Å². The average molecular weight is 1050 g/mol. The molecule has 76 heavy (non-hydrogen) atoms. The van der Waals surface area contributed by atoms with E-state index in [0.717, 1.165) is 82.8 Å². The van der Waals surface area contributed by atoms with Crippen LogP contribution in [0.15, 0.2) is 220 Å². The number of benzene rings is 10. The molecule has 0 aliphatic carbocycles. The Morgan fingerprint density at radius 1 is 0.355 bits per heavy atom. The van der Waals surface area contributed by atoms with E-state index in [9.17, 15) is 30.8 Å². The normalized spacial score (nSPS) is 10.6. The van der Waals surface area contributed by atoms with Crippen molar-refractivity contribution in [3.05, 3.63) is 233 Å². The zero-order valence-corrected chi connectivity index (χ0v) is 41.6. The first-order valence-electron chi connectivity index (χ1n) is 23.6. The number of rotatable bonds is 6. The minimum absolute atomic E-state index is 0.0893. The highest BCUT2D eigenvalue weighted by Crippen LogP contribution is 2.43. The second-order valence-corrected chi connectivity index (χ2v) is 18.4. The summed E-state index contributed by atoms with van der Waals surface area (Å²) in [6.45, 7) is 0. The van der Waals surface area contributed by atoms with Crippen LogP contribution in [0.4, 0.5) is 0 Å². The van der Waals surface area contributed by atoms with Crippen LogP contribution < -0.4 is 5.46 Å². The summed E-state index contributed by atoms with van der Waals surface area (Å²) in [5.74, 6) is 0.246. The summed E-state index contributed by atoms with van der Waals surface area (Å²) >= 11 is 3.26. The molecule has 0 amide bonds. The Morgan fingerprint density at radius 2 is 0.697 bits per heavy atom. The summed E-state index contributed by atoms with van der Waals surface area (Å²) in [4.78, 5) is 0. The summed E-state index contributed by atoms with van der Waals surface area (Å²) in [5, 5.41) is 80.3. The van der Waals surface area contributed by atoms with Gasteiger partial charge >= 0.3 is 7.12 Å². The molecule has 0 fully saturated rings. The van der Waals surface area contributed by atoms with Crippen LogP contribution in [0.1, 0.15) is 22.3 Å². The fourth-order valence-electron chi connectivity index (χ4n) is 8.96. The molecule has 0 aliphatic heterocycles. The van der Waals surface area contributed by atoms with Crippen molar-refractivity contribution < 1.29 is 29.1 Å². The molecule has 0 saturated carbocycles. The number of hydrogen-bond acceptors (Lipinski definition) is 10. The Bertz CT molecular complexity index is 4180. The smallest absolute Gasteiger partial charge is 0.488 e. The second kappa shape index (κ2) is 21.5. The minimum Gasteiger partial charge on any atom is -0.504 e. The van der Waals surface area contributed by atoms with Crippen molar-refractivity contribution in [2.75, 3.05) is 0 Å². The maximum Gasteiger partial charge on any atom is 0.488 e. The van der Waals surface area contributed by atoms with Crippen molar-refractivity contribution in [2.45, 2.75) is 0 Å². The number of nitrogens with zero attached hydrogens (tertiary/aromatic N) is 4. The highest BCUT2D eigenvalue weighted by molar-refractivity contribution is 9.10. The Kier molecular flexibility index (Phi) is 14.0. The van der Waals surface area contributed by atoms with Gasteiger partial charge in [-0.2, -0.15) is 21.0 Å². The molecule has 360 valence electrons. The Labute approximate surface area is 444 Å². The maximum absolute atomic E-state index is 11.3. The van der Waals surface area contributed by atoms with E-state index < -0.39 is 7.12 Å². The van der Waals surface area contributed by atoms with Gasteiger partial charge in [-0.25, -0.2) is 0 Å². The molecule has 12 heteroatoms. The number of phenolic OH excluding ortho intramolecular Hbond substituents is 2. The number of halogens is 1. The summed E-state index contributed by atoms with van der Waals surface area (Å²) in [6.07, 6.45) is 0. The number of furan rings is 2. The predicted molar refractivity (Wildman–Crippen MR) is 301 cm³/mol. The van der Waals surface area contributed by atoms with Crippen LogP contribution in [0.3, 0.4) is 0 Å². The summed E-state index contributed by atoms with van der Waals surface area (Å²) < 4.78 is 12.2. The lowest BCUT2D eigenvalue weighted by Crippen LogP contribution is -2.29. The van der Waals surface area contributed by atoms with Gasteiger partial charge in [0.1, 0.15) is 11.2 Å². The lowest BCUT2D eigenvalue weighted by molar-refractivity contribution is 0.426. The van der Waals surface area contributed by atoms with E-state index in [1.54, 1.807) is 60.7 Å². The van der Waals surface area contributed by atoms with Crippen LogP contribution in [-0.4, -0.2) is 27.4 Å². The third-order valence-electron chi connectivity index (χ3n) is 12.9. The van der Waals surface area contributed by atoms with E-state index in [1.807, 2.05) is 140 Å². The van der Waals surface area contributed by atoms with Gasteiger partial charge in [-0.05, 0) is 181 Å². The van der Waals surface area contributed by atoms with E-state index in [4.69, 9.17) is 19.4 Å². The molecule has 0 bridgehead atoms. The fourth-order valence-corrected chi connectivity index (χ4v) is 9.27. The molecule has 2 aromatic heterocycles. The number of para-hydroxylation sites is 2. The molecule has 2 heterocycles. The van der Waals surface area contributed by atoms with E-state index in [1.165, 1.54) is 0 Å². The summed E-state index contributed by atoms with van der Waals surface area (Å²) in [7, 11) is -1.59. The van der Waals surface area contributed by atoms with E-state index in [0.29, 0.717) is 48.9 Å². The Balaban J connectivity index is 0.000000142. The zero-order chi connectivity index (χ0) is 52.9. The van der Waals surface area contributed by atoms with Gasteiger partial charge in [0.2, 0.25) is 0 Å². The van der Waals surface area contributed by atoms with Crippen LogP contribution in [0.2, 0.25) is 0 Å². The van der Waals surface area contributed by atoms with Crippen molar-refractivity contribution >= 4 is 72.4 Å². The molecule has 0 radical (unpaired) electrons. The molecule has 0 aliphatic rings. The molecule has 0 atom stereocenters. The largest absolute Gasteiger partial charge is 0.504 e. The average Bonchev–Trinajstić information content (AvgIpc) is 4.09. The third-order valence-corrected chi connectivity index (χ3v) is 13.5. The van der Waals surface area contributed by atoms with Gasteiger partial charge in [0.15, 0.2) is 22.7 Å². The first-order valence-corrected chi connectivity index (χ1v) is 24.4. The molecule has 10 nitrogen and oxygen atoms in total. The molecule has 0 unspecified atom stereocenters. The SMILES string of the molecule is N#Cc1ccc(-c2cc(-c3ccc(C#N)cc3)cc(-c3ccc4c(oc5ccccc54)c3O)c2)cc1.N#Cc1ccc(-c2cc(B(O)O)cc(-c3ccc(C#N)cc3)c2)cc1.Oc1c(Br)ccc2c1oc1ccccc12. The summed E-state index contributed by atoms with van der Waals surface area (Å²) in [6, 6.07) is 72.1. The van der Waals surface area contributed by atoms with Gasteiger partial charge in [-0.3, -0.25) is 0 Å². The standard InChI is InChI=1S/C32H18N2O2.C20H13BN2O2.C12H7BrO2/c33-18-20-5-9-22(10-6-20)24-15-25(23-11-7-21(19-34)8-12-23)17-26(16-24)27-13-14-29-28-3-1-2-4-30(28)36-32(29)31(27)35;22-12-14-1-5-16(6-2-14)18-9-19(11-20(10-18)21(24)25)17-7-3-15(13-23)4-8-17;13-9-6-5-8-7-3-1-2-4-10(7)15-12(8)11(9)14/h1-17,35H;1-11,24-25H;1-6,14H. The molecular formula is C64H38BBrN4O6. The van der Waals surface area contributed by atoms with E-state index in [2.05, 4.69) is 46.3 Å². The van der Waals surface area contributed by atoms with Crippen LogP contribution in [0.25, 0.3) is 99.5 Å². The first kappa shape index (κ1) is 49.4. The monoisotopic (exact) mass is 1050 g/mol. The maximum atomic E-state index is 11.3. The van der Waals surface area contributed by atoms with Crippen LogP contribution in [0.5, 0.6) is 11.5 Å². The van der Waals surface area contributed by atoms with Crippen molar-refractivity contribution in [2.24, 2.45) is 0 Å². The van der Waals surface area contributed by atoms with Crippen molar-refractivity contribution in [1.29, 1.82) is 21.0 Å². The number of hydrogen-bond donors (Lipinski definition) is 4.